The highest BCUT2D eigenvalue weighted by Gasteiger charge is 2.30. The van der Waals surface area contributed by atoms with Crippen molar-refractivity contribution in [3.63, 3.8) is 0 Å². The van der Waals surface area contributed by atoms with Crippen molar-refractivity contribution in [2.24, 2.45) is 0 Å². The molecule has 0 unspecified atom stereocenters. The Balaban J connectivity index is 1.34. The van der Waals surface area contributed by atoms with Crippen molar-refractivity contribution in [2.45, 2.75) is 0 Å². The van der Waals surface area contributed by atoms with Crippen molar-refractivity contribution in [2.75, 3.05) is 0 Å². The second-order valence-electron chi connectivity index (χ2n) is 11.3. The van der Waals surface area contributed by atoms with Crippen molar-refractivity contribution < 1.29 is 0 Å². The molecule has 0 spiro atoms. The first kappa shape index (κ1) is 23.3. The lowest BCUT2D eigenvalue weighted by Gasteiger charge is -2.20. The Kier molecular flexibility index (Phi) is 5.00. The molecule has 1 aliphatic carbocycles. The van der Waals surface area contributed by atoms with Crippen LogP contribution in [0.25, 0.3) is 88.0 Å². The van der Waals surface area contributed by atoms with Crippen molar-refractivity contribution >= 4 is 32.3 Å². The molecule has 8 aromatic rings. The number of benzene rings is 8. The van der Waals surface area contributed by atoms with Crippen molar-refractivity contribution in [3.05, 3.63) is 158 Å². The van der Waals surface area contributed by atoms with E-state index in [1.54, 1.807) is 0 Å². The Hall–Kier alpha value is -5.46. The highest BCUT2D eigenvalue weighted by Crippen LogP contribution is 2.57. The SMILES string of the molecule is c1ccc(-c2c3c(c(-c4ccc(-c5ccc6ccccc6c5)cc4)c4ccccc24)-c2cccc4cccc-3c24)cc1. The van der Waals surface area contributed by atoms with Crippen LogP contribution in [0.15, 0.2) is 158 Å². The van der Waals surface area contributed by atoms with Crippen LogP contribution in [-0.4, -0.2) is 0 Å². The van der Waals surface area contributed by atoms with Crippen LogP contribution in [0.4, 0.5) is 0 Å². The van der Waals surface area contributed by atoms with E-state index < -0.39 is 0 Å². The molecule has 0 heterocycles. The second-order valence-corrected chi connectivity index (χ2v) is 11.3. The van der Waals surface area contributed by atoms with Gasteiger partial charge < -0.3 is 0 Å². The summed E-state index contributed by atoms with van der Waals surface area (Å²) in [4.78, 5) is 0. The van der Waals surface area contributed by atoms with Crippen LogP contribution in [0.5, 0.6) is 0 Å². The molecule has 0 aliphatic heterocycles. The average molecular weight is 531 g/mol. The molecular formula is C42H26. The van der Waals surface area contributed by atoms with Gasteiger partial charge in [-0.2, -0.15) is 0 Å². The van der Waals surface area contributed by atoms with E-state index in [0.717, 1.165) is 0 Å². The molecule has 0 bridgehead atoms. The number of hydrogen-bond donors (Lipinski definition) is 0. The highest BCUT2D eigenvalue weighted by atomic mass is 14.3. The third-order valence-electron chi connectivity index (χ3n) is 8.98. The minimum atomic E-state index is 1.23. The summed E-state index contributed by atoms with van der Waals surface area (Å²) in [6.45, 7) is 0. The minimum absolute atomic E-state index is 1.23. The first-order valence-electron chi connectivity index (χ1n) is 14.6. The summed E-state index contributed by atoms with van der Waals surface area (Å²) in [5.74, 6) is 0. The van der Waals surface area contributed by atoms with E-state index in [0.29, 0.717) is 0 Å². The van der Waals surface area contributed by atoms with Crippen LogP contribution in [0.1, 0.15) is 0 Å². The lowest BCUT2D eigenvalue weighted by Crippen LogP contribution is -1.93. The highest BCUT2D eigenvalue weighted by molar-refractivity contribution is 6.27. The van der Waals surface area contributed by atoms with Crippen LogP contribution in [0.2, 0.25) is 0 Å². The summed E-state index contributed by atoms with van der Waals surface area (Å²) in [6.07, 6.45) is 0. The molecule has 0 atom stereocenters. The zero-order valence-electron chi connectivity index (χ0n) is 23.0. The van der Waals surface area contributed by atoms with E-state index in [1.165, 1.54) is 88.0 Å². The molecule has 0 saturated carbocycles. The van der Waals surface area contributed by atoms with Gasteiger partial charge in [-0.05, 0) is 94.0 Å². The maximum atomic E-state index is 2.32. The van der Waals surface area contributed by atoms with E-state index in [-0.39, 0.29) is 0 Å². The van der Waals surface area contributed by atoms with Crippen molar-refractivity contribution in [1.82, 2.24) is 0 Å². The molecule has 0 aromatic heterocycles. The zero-order chi connectivity index (χ0) is 27.6. The lowest BCUT2D eigenvalue weighted by molar-refractivity contribution is 1.61. The summed E-state index contributed by atoms with van der Waals surface area (Å²) in [7, 11) is 0. The number of fused-ring (bicyclic) bond motifs is 5. The summed E-state index contributed by atoms with van der Waals surface area (Å²) in [5.41, 5.74) is 13.0. The fraction of sp³-hybridized carbons (Fsp3) is 0. The van der Waals surface area contributed by atoms with Gasteiger partial charge in [-0.25, -0.2) is 0 Å². The summed E-state index contributed by atoms with van der Waals surface area (Å²) >= 11 is 0. The monoisotopic (exact) mass is 530 g/mol. The van der Waals surface area contributed by atoms with E-state index in [1.807, 2.05) is 0 Å². The Bertz CT molecular complexity index is 2320. The molecule has 0 nitrogen and oxygen atoms in total. The van der Waals surface area contributed by atoms with Gasteiger partial charge in [-0.15, -0.1) is 0 Å². The van der Waals surface area contributed by atoms with Gasteiger partial charge in [0.1, 0.15) is 0 Å². The molecule has 0 N–H and O–H groups in total. The lowest BCUT2D eigenvalue weighted by atomic mass is 9.82. The quantitative estimate of drug-likeness (QED) is 0.213. The van der Waals surface area contributed by atoms with E-state index in [2.05, 4.69) is 158 Å². The minimum Gasteiger partial charge on any atom is -0.0622 e. The molecule has 42 heavy (non-hydrogen) atoms. The number of rotatable bonds is 3. The summed E-state index contributed by atoms with van der Waals surface area (Å²) < 4.78 is 0. The predicted octanol–water partition coefficient (Wildman–Crippen LogP) is 11.8. The molecule has 0 heteroatoms. The Morgan fingerprint density at radius 1 is 0.262 bits per heavy atom. The molecule has 9 rings (SSSR count). The molecule has 0 fully saturated rings. The van der Waals surface area contributed by atoms with Crippen LogP contribution in [-0.2, 0) is 0 Å². The van der Waals surface area contributed by atoms with Gasteiger partial charge in [0, 0.05) is 0 Å². The maximum Gasteiger partial charge on any atom is -0.000742 e. The van der Waals surface area contributed by atoms with E-state index >= 15 is 0 Å². The smallest absolute Gasteiger partial charge is 0.000742 e. The summed E-state index contributed by atoms with van der Waals surface area (Å²) in [5, 5.41) is 7.77. The Morgan fingerprint density at radius 2 is 0.762 bits per heavy atom. The molecular weight excluding hydrogens is 504 g/mol. The van der Waals surface area contributed by atoms with Gasteiger partial charge in [-0.3, -0.25) is 0 Å². The zero-order valence-corrected chi connectivity index (χ0v) is 23.0. The third kappa shape index (κ3) is 3.36. The first-order valence-corrected chi connectivity index (χ1v) is 14.6. The van der Waals surface area contributed by atoms with E-state index in [9.17, 15) is 0 Å². The average Bonchev–Trinajstić information content (AvgIpc) is 3.39. The van der Waals surface area contributed by atoms with Crippen LogP contribution in [0.3, 0.4) is 0 Å². The fourth-order valence-electron chi connectivity index (χ4n) is 7.14. The standard InChI is InChI=1S/C42H26/c1-2-11-30(12-3-1)39-34-16-6-7-17-35(34)40(42-37-19-9-15-29-14-8-18-36(38(29)37)41(39)42)31-23-20-28(21-24-31)33-25-22-27-10-4-5-13-32(27)26-33/h1-26H. The van der Waals surface area contributed by atoms with Gasteiger partial charge in [0.2, 0.25) is 0 Å². The maximum absolute atomic E-state index is 2.32. The van der Waals surface area contributed by atoms with Gasteiger partial charge in [0.05, 0.1) is 0 Å². The van der Waals surface area contributed by atoms with Crippen molar-refractivity contribution in [3.8, 4) is 55.6 Å². The first-order chi connectivity index (χ1) is 20.8. The molecule has 194 valence electrons. The topological polar surface area (TPSA) is 0 Å². The normalized spacial score (nSPS) is 11.8. The van der Waals surface area contributed by atoms with Crippen LogP contribution < -0.4 is 0 Å². The Labute approximate surface area is 245 Å². The summed E-state index contributed by atoms with van der Waals surface area (Å²) in [6, 6.07) is 57.9. The molecule has 1 aliphatic rings. The van der Waals surface area contributed by atoms with Crippen LogP contribution >= 0.6 is 0 Å². The molecule has 0 amide bonds. The van der Waals surface area contributed by atoms with Gasteiger partial charge in [0.15, 0.2) is 0 Å². The fourth-order valence-corrected chi connectivity index (χ4v) is 7.14. The van der Waals surface area contributed by atoms with Crippen LogP contribution in [0, 0.1) is 0 Å². The number of hydrogen-bond acceptors (Lipinski definition) is 0. The molecule has 0 saturated heterocycles. The third-order valence-corrected chi connectivity index (χ3v) is 8.98. The van der Waals surface area contributed by atoms with E-state index in [4.69, 9.17) is 0 Å². The molecule has 0 radical (unpaired) electrons. The molecule has 8 aromatic carbocycles. The largest absolute Gasteiger partial charge is 0.0622 e. The second kappa shape index (κ2) is 9.03. The Morgan fingerprint density at radius 3 is 1.43 bits per heavy atom. The van der Waals surface area contributed by atoms with Crippen molar-refractivity contribution in [1.29, 1.82) is 0 Å². The predicted molar refractivity (Wildman–Crippen MR) is 180 cm³/mol. The van der Waals surface area contributed by atoms with Gasteiger partial charge in [0.25, 0.3) is 0 Å². The van der Waals surface area contributed by atoms with Gasteiger partial charge in [-0.1, -0.05) is 152 Å². The van der Waals surface area contributed by atoms with Gasteiger partial charge >= 0.3 is 0 Å².